The number of amides is 2. The Morgan fingerprint density at radius 3 is 2.61 bits per heavy atom. The standard InChI is InChI=1S/C18H18ClN5O4/c1-10-5-13(19)3-4-16(10)21-17(25)6-11(2)22-23-18(26)12-7-14(20)9-15(8-12)24(27)28/h3-5,7-9H,6,20H2,1-2H3,(H,21,25)(H,23,26). The number of benzene rings is 2. The van der Waals surface area contributed by atoms with Crippen molar-refractivity contribution in [3.63, 3.8) is 0 Å². The molecule has 0 atom stereocenters. The first-order valence-corrected chi connectivity index (χ1v) is 8.48. The molecule has 0 aliphatic heterocycles. The molecule has 2 rings (SSSR count). The number of nitrogens with zero attached hydrogens (tertiary/aromatic N) is 2. The first-order valence-electron chi connectivity index (χ1n) is 8.10. The molecular formula is C18H18ClN5O4. The lowest BCUT2D eigenvalue weighted by molar-refractivity contribution is -0.384. The van der Waals surface area contributed by atoms with E-state index in [1.54, 1.807) is 25.1 Å². The van der Waals surface area contributed by atoms with Crippen LogP contribution in [0.15, 0.2) is 41.5 Å². The number of hydrazone groups is 1. The van der Waals surface area contributed by atoms with Crippen LogP contribution in [-0.2, 0) is 4.79 Å². The van der Waals surface area contributed by atoms with Crippen LogP contribution in [0.5, 0.6) is 0 Å². The SMILES string of the molecule is CC(CC(=O)Nc1ccc(Cl)cc1C)=NNC(=O)c1cc(N)cc([N+](=O)[O-])c1. The summed E-state index contributed by atoms with van der Waals surface area (Å²) in [6.07, 6.45) is -0.0561. The monoisotopic (exact) mass is 403 g/mol. The molecule has 0 aromatic heterocycles. The van der Waals surface area contributed by atoms with Crippen LogP contribution < -0.4 is 16.5 Å². The highest BCUT2D eigenvalue weighted by molar-refractivity contribution is 6.30. The summed E-state index contributed by atoms with van der Waals surface area (Å²) < 4.78 is 0. The highest BCUT2D eigenvalue weighted by atomic mass is 35.5. The van der Waals surface area contributed by atoms with Gasteiger partial charge in [-0.2, -0.15) is 5.10 Å². The van der Waals surface area contributed by atoms with Gasteiger partial charge in [0.15, 0.2) is 0 Å². The zero-order valence-corrected chi connectivity index (χ0v) is 15.9. The van der Waals surface area contributed by atoms with Gasteiger partial charge in [0.1, 0.15) is 0 Å². The predicted molar refractivity (Wildman–Crippen MR) is 108 cm³/mol. The van der Waals surface area contributed by atoms with Gasteiger partial charge in [0.05, 0.1) is 16.9 Å². The van der Waals surface area contributed by atoms with Crippen LogP contribution >= 0.6 is 11.6 Å². The summed E-state index contributed by atoms with van der Waals surface area (Å²) in [4.78, 5) is 34.4. The number of hydrogen-bond acceptors (Lipinski definition) is 6. The van der Waals surface area contributed by atoms with Crippen LogP contribution in [0.2, 0.25) is 5.02 Å². The van der Waals surface area contributed by atoms with E-state index in [2.05, 4.69) is 15.8 Å². The Morgan fingerprint density at radius 2 is 1.96 bits per heavy atom. The Morgan fingerprint density at radius 1 is 1.25 bits per heavy atom. The Balaban J connectivity index is 1.99. The second kappa shape index (κ2) is 8.96. The number of aryl methyl sites for hydroxylation is 1. The minimum Gasteiger partial charge on any atom is -0.399 e. The van der Waals surface area contributed by atoms with Crippen LogP contribution in [0.1, 0.15) is 29.3 Å². The minimum atomic E-state index is -0.677. The van der Waals surface area contributed by atoms with Gasteiger partial charge in [0.25, 0.3) is 11.6 Å². The summed E-state index contributed by atoms with van der Waals surface area (Å²) in [7, 11) is 0. The Hall–Kier alpha value is -3.46. The third-order valence-electron chi connectivity index (χ3n) is 3.64. The van der Waals surface area contributed by atoms with Crippen molar-refractivity contribution in [2.24, 2.45) is 5.10 Å². The van der Waals surface area contributed by atoms with Crippen molar-refractivity contribution < 1.29 is 14.5 Å². The number of anilines is 2. The molecule has 28 heavy (non-hydrogen) atoms. The number of nitro benzene ring substituents is 1. The first kappa shape index (κ1) is 20.8. The van der Waals surface area contributed by atoms with Crippen molar-refractivity contribution >= 4 is 46.2 Å². The van der Waals surface area contributed by atoms with E-state index in [1.807, 2.05) is 6.92 Å². The maximum Gasteiger partial charge on any atom is 0.272 e. The van der Waals surface area contributed by atoms with Gasteiger partial charge in [0, 0.05) is 34.2 Å². The van der Waals surface area contributed by atoms with Gasteiger partial charge < -0.3 is 11.1 Å². The number of nitrogens with two attached hydrogens (primary N) is 1. The highest BCUT2D eigenvalue weighted by Gasteiger charge is 2.14. The van der Waals surface area contributed by atoms with Gasteiger partial charge in [0.2, 0.25) is 5.91 Å². The number of nitrogen functional groups attached to an aromatic ring is 1. The first-order chi connectivity index (χ1) is 13.2. The Labute approximate surface area is 165 Å². The topological polar surface area (TPSA) is 140 Å². The van der Waals surface area contributed by atoms with Gasteiger partial charge in [-0.3, -0.25) is 19.7 Å². The predicted octanol–water partition coefficient (Wildman–Crippen LogP) is 3.27. The largest absolute Gasteiger partial charge is 0.399 e. The molecule has 0 bridgehead atoms. The van der Waals surface area contributed by atoms with Crippen LogP contribution in [0.3, 0.4) is 0 Å². The molecule has 0 fully saturated rings. The van der Waals surface area contributed by atoms with Crippen LogP contribution in [0.25, 0.3) is 0 Å². The number of nitro groups is 1. The fourth-order valence-corrected chi connectivity index (χ4v) is 2.54. The van der Waals surface area contributed by atoms with Crippen LogP contribution in [0.4, 0.5) is 17.1 Å². The molecule has 0 unspecified atom stereocenters. The lowest BCUT2D eigenvalue weighted by Crippen LogP contribution is -2.22. The summed E-state index contributed by atoms with van der Waals surface area (Å²) in [5.74, 6) is -0.996. The van der Waals surface area contributed by atoms with Crippen molar-refractivity contribution in [3.05, 3.63) is 62.7 Å². The Kier molecular flexibility index (Phi) is 6.67. The van der Waals surface area contributed by atoms with Crippen molar-refractivity contribution in [2.45, 2.75) is 20.3 Å². The van der Waals surface area contributed by atoms with E-state index in [9.17, 15) is 19.7 Å². The molecule has 4 N–H and O–H groups in total. The maximum absolute atomic E-state index is 12.1. The molecule has 0 aliphatic carbocycles. The zero-order chi connectivity index (χ0) is 20.8. The molecule has 9 nitrogen and oxygen atoms in total. The normalized spacial score (nSPS) is 11.0. The average Bonchev–Trinajstić information content (AvgIpc) is 2.61. The molecule has 2 aromatic carbocycles. The average molecular weight is 404 g/mol. The number of rotatable bonds is 6. The number of non-ortho nitro benzene ring substituents is 1. The Bertz CT molecular complexity index is 974. The molecule has 0 heterocycles. The molecule has 2 amide bonds. The summed E-state index contributed by atoms with van der Waals surface area (Å²) in [5, 5.41) is 18.0. The van der Waals surface area contributed by atoms with Gasteiger partial charge in [-0.1, -0.05) is 11.6 Å². The van der Waals surface area contributed by atoms with Gasteiger partial charge >= 0.3 is 0 Å². The van der Waals surface area contributed by atoms with Crippen molar-refractivity contribution in [1.82, 2.24) is 5.43 Å². The summed E-state index contributed by atoms with van der Waals surface area (Å²) >= 11 is 5.88. The van der Waals surface area contributed by atoms with Gasteiger partial charge in [-0.15, -0.1) is 0 Å². The molecule has 0 saturated heterocycles. The number of halogens is 1. The van der Waals surface area contributed by atoms with E-state index in [0.29, 0.717) is 16.4 Å². The maximum atomic E-state index is 12.1. The van der Waals surface area contributed by atoms with E-state index in [-0.39, 0.29) is 29.3 Å². The smallest absolute Gasteiger partial charge is 0.272 e. The molecular weight excluding hydrogens is 386 g/mol. The van der Waals surface area contributed by atoms with Gasteiger partial charge in [-0.25, -0.2) is 5.43 Å². The molecule has 2 aromatic rings. The van der Waals surface area contributed by atoms with Crippen molar-refractivity contribution in [3.8, 4) is 0 Å². The molecule has 146 valence electrons. The van der Waals surface area contributed by atoms with Gasteiger partial charge in [-0.05, 0) is 43.7 Å². The third-order valence-corrected chi connectivity index (χ3v) is 3.88. The second-order valence-electron chi connectivity index (χ2n) is 6.04. The van der Waals surface area contributed by atoms with Crippen LogP contribution in [-0.4, -0.2) is 22.4 Å². The van der Waals surface area contributed by atoms with Crippen LogP contribution in [0, 0.1) is 17.0 Å². The fourth-order valence-electron chi connectivity index (χ4n) is 2.32. The lowest BCUT2D eigenvalue weighted by Gasteiger charge is -2.09. The number of carbonyl (C=O) groups excluding carboxylic acids is 2. The molecule has 0 saturated carbocycles. The fraction of sp³-hybridized carbons (Fsp3) is 0.167. The minimum absolute atomic E-state index is 0.00973. The highest BCUT2D eigenvalue weighted by Crippen LogP contribution is 2.20. The zero-order valence-electron chi connectivity index (χ0n) is 15.2. The third kappa shape index (κ3) is 5.78. The number of nitrogens with one attached hydrogen (secondary N) is 2. The van der Waals surface area contributed by atoms with E-state index >= 15 is 0 Å². The summed E-state index contributed by atoms with van der Waals surface area (Å²) in [6.45, 7) is 3.38. The van der Waals surface area contributed by atoms with E-state index < -0.39 is 10.8 Å². The molecule has 10 heteroatoms. The lowest BCUT2D eigenvalue weighted by atomic mass is 10.1. The second-order valence-corrected chi connectivity index (χ2v) is 6.48. The van der Waals surface area contributed by atoms with E-state index in [4.69, 9.17) is 17.3 Å². The van der Waals surface area contributed by atoms with E-state index in [1.165, 1.54) is 6.07 Å². The van der Waals surface area contributed by atoms with Crippen molar-refractivity contribution in [1.29, 1.82) is 0 Å². The quantitative estimate of drug-likeness (QED) is 0.294. The molecule has 0 aliphatic rings. The molecule has 0 spiro atoms. The summed E-state index contributed by atoms with van der Waals surface area (Å²) in [6, 6.07) is 8.61. The number of hydrogen-bond donors (Lipinski definition) is 3. The summed E-state index contributed by atoms with van der Waals surface area (Å²) in [5.41, 5.74) is 9.37. The van der Waals surface area contributed by atoms with Crippen molar-refractivity contribution in [2.75, 3.05) is 11.1 Å². The van der Waals surface area contributed by atoms with E-state index in [0.717, 1.165) is 17.7 Å². The number of carbonyl (C=O) groups is 2. The molecule has 0 radical (unpaired) electrons.